The monoisotopic (exact) mass is 741 g/mol. The third kappa shape index (κ3) is 5.74. The van der Waals surface area contributed by atoms with Crippen molar-refractivity contribution in [3.05, 3.63) is 70.7 Å². The molecular weight excluding hydrogens is 712 g/mol. The topological polar surface area (TPSA) is 174 Å². The summed E-state index contributed by atoms with van der Waals surface area (Å²) >= 11 is 0.954. The minimum atomic E-state index is -5.27. The van der Waals surface area contributed by atoms with Crippen molar-refractivity contribution < 1.29 is 35.9 Å². The zero-order chi connectivity index (χ0) is 37.1. The van der Waals surface area contributed by atoms with Gasteiger partial charge in [-0.15, -0.1) is 11.3 Å². The van der Waals surface area contributed by atoms with Gasteiger partial charge in [0.15, 0.2) is 11.6 Å². The fourth-order valence-corrected chi connectivity index (χ4v) is 8.27. The summed E-state index contributed by atoms with van der Waals surface area (Å²) in [6.07, 6.45) is -4.32. The molecule has 270 valence electrons. The predicted molar refractivity (Wildman–Crippen MR) is 183 cm³/mol. The second-order valence-electron chi connectivity index (χ2n) is 12.6. The Morgan fingerprint density at radius 2 is 1.96 bits per heavy atom. The van der Waals surface area contributed by atoms with Crippen molar-refractivity contribution in [2.75, 3.05) is 36.5 Å². The van der Waals surface area contributed by atoms with Crippen LogP contribution in [0.1, 0.15) is 48.9 Å². The Kier molecular flexibility index (Phi) is 8.75. The summed E-state index contributed by atoms with van der Waals surface area (Å²) in [6.45, 7) is 2.06. The first-order valence-corrected chi connectivity index (χ1v) is 16.7. The van der Waals surface area contributed by atoms with E-state index in [1.807, 2.05) is 11.0 Å². The maximum atomic E-state index is 17.2. The fourth-order valence-electron chi connectivity index (χ4n) is 7.32. The molecule has 0 amide bonds. The molecule has 7 N–H and O–H groups in total. The molecule has 2 aliphatic rings. The summed E-state index contributed by atoms with van der Waals surface area (Å²) in [7, 11) is 0. The predicted octanol–water partition coefficient (Wildman–Crippen LogP) is 7.29. The molecule has 2 aromatic carbocycles. The molecule has 2 fully saturated rings. The molecule has 2 saturated heterocycles. The molecule has 18 heteroatoms. The third-order valence-corrected chi connectivity index (χ3v) is 10.6. The molecule has 3 aromatic heterocycles. The van der Waals surface area contributed by atoms with Gasteiger partial charge in [-0.25, -0.2) is 9.37 Å². The normalized spacial score (nSPS) is 18.1. The van der Waals surface area contributed by atoms with Crippen LogP contribution >= 0.6 is 11.3 Å². The highest BCUT2D eigenvalue weighted by Crippen LogP contribution is 2.52. The van der Waals surface area contributed by atoms with E-state index in [1.54, 1.807) is 25.1 Å². The Labute approximate surface area is 295 Å². The summed E-state index contributed by atoms with van der Waals surface area (Å²) in [5.41, 5.74) is 8.02. The lowest BCUT2D eigenvalue weighted by Crippen LogP contribution is -2.43. The van der Waals surface area contributed by atoms with Crippen LogP contribution in [0, 0.1) is 17.1 Å². The van der Waals surface area contributed by atoms with Gasteiger partial charge in [0, 0.05) is 39.5 Å². The van der Waals surface area contributed by atoms with Crippen LogP contribution in [0.5, 0.6) is 11.8 Å². The first-order valence-electron chi connectivity index (χ1n) is 15.9. The Morgan fingerprint density at radius 1 is 1.17 bits per heavy atom. The lowest BCUT2D eigenvalue weighted by molar-refractivity contribution is -0.138. The van der Waals surface area contributed by atoms with E-state index in [9.17, 15) is 14.0 Å². The third-order valence-electron chi connectivity index (χ3n) is 9.64. The van der Waals surface area contributed by atoms with Crippen LogP contribution in [-0.2, 0) is 6.18 Å². The van der Waals surface area contributed by atoms with E-state index in [-0.39, 0.29) is 58.3 Å². The van der Waals surface area contributed by atoms with E-state index in [0.29, 0.717) is 23.2 Å². The number of anilines is 3. The van der Waals surface area contributed by atoms with E-state index in [0.717, 1.165) is 17.8 Å². The van der Waals surface area contributed by atoms with Crippen LogP contribution in [0.15, 0.2) is 48.2 Å². The van der Waals surface area contributed by atoms with Gasteiger partial charge in [-0.3, -0.25) is 4.90 Å². The Balaban J connectivity index is 1.48. The van der Waals surface area contributed by atoms with Crippen LogP contribution in [0.25, 0.3) is 32.1 Å². The lowest BCUT2D eigenvalue weighted by Gasteiger charge is -2.31. The number of thiophene rings is 1. The zero-order valence-electron chi connectivity index (χ0n) is 27.2. The Bertz CT molecular complexity index is 2320. The molecule has 2 atom stereocenters. The van der Waals surface area contributed by atoms with Crippen LogP contribution in [-0.4, -0.2) is 45.1 Å². The largest absolute Gasteiger partial charge is 0.461 e. The average Bonchev–Trinajstić information content (AvgIpc) is 3.77. The number of rotatable bonds is 8. The number of pyridine rings is 1. The first kappa shape index (κ1) is 35.0. The fraction of sp³-hybridized carbons (Fsp3) is 0.294. The van der Waals surface area contributed by atoms with Crippen molar-refractivity contribution in [2.24, 2.45) is 5.90 Å². The van der Waals surface area contributed by atoms with Crippen molar-refractivity contribution in [1.82, 2.24) is 19.9 Å². The number of fused-ring (bicyclic) bond motifs is 3. The molecule has 7 rings (SSSR count). The first-order chi connectivity index (χ1) is 24.8. The molecule has 0 radical (unpaired) electrons. The van der Waals surface area contributed by atoms with Crippen LogP contribution in [0.4, 0.5) is 43.0 Å². The van der Waals surface area contributed by atoms with Gasteiger partial charge >= 0.3 is 12.2 Å². The highest BCUT2D eigenvalue weighted by Gasteiger charge is 2.49. The van der Waals surface area contributed by atoms with Gasteiger partial charge in [0.1, 0.15) is 40.4 Å². The standard InChI is InChI=1S/C34H29F6N9O2S/c1-15(17-6-3-9-45-29(17)42)46-31-23-26(47-32(48-31)50-14-33-8-4-10-49(33)13-16(11-33)28(36)37)25(35)22(24(27(23)51-44)34(38,39)40)18-5-2-7-20-21(18)19(12-41)30(43)52-20/h2-3,5-7,9,15H,4,8,10-11,13-14,43-44H2,1H3,(H2,42,45)(H,46,47,48)/t15-,33+/m1/s1. The number of nitriles is 1. The molecule has 5 aromatic rings. The van der Waals surface area contributed by atoms with Crippen LogP contribution in [0.2, 0.25) is 0 Å². The number of ether oxygens (including phenoxy) is 1. The summed E-state index contributed by atoms with van der Waals surface area (Å²) in [6, 6.07) is 8.07. The van der Waals surface area contributed by atoms with Gasteiger partial charge in [0.2, 0.25) is 0 Å². The molecule has 11 nitrogen and oxygen atoms in total. The Morgan fingerprint density at radius 3 is 2.65 bits per heavy atom. The molecule has 0 aliphatic carbocycles. The van der Waals surface area contributed by atoms with Crippen molar-refractivity contribution in [1.29, 1.82) is 5.26 Å². The Hall–Kier alpha value is -5.38. The quantitative estimate of drug-likeness (QED) is 0.0929. The van der Waals surface area contributed by atoms with Gasteiger partial charge < -0.3 is 26.4 Å². The second kappa shape index (κ2) is 13.0. The number of aromatic nitrogens is 3. The zero-order valence-corrected chi connectivity index (χ0v) is 28.1. The number of alkyl halides is 3. The summed E-state index contributed by atoms with van der Waals surface area (Å²) < 4.78 is 96.5. The van der Waals surface area contributed by atoms with Gasteiger partial charge in [0.05, 0.1) is 22.5 Å². The molecule has 52 heavy (non-hydrogen) atoms. The van der Waals surface area contributed by atoms with Crippen molar-refractivity contribution in [3.63, 3.8) is 0 Å². The van der Waals surface area contributed by atoms with Gasteiger partial charge in [0.25, 0.3) is 6.08 Å². The van der Waals surface area contributed by atoms with Crippen LogP contribution < -0.4 is 32.3 Å². The number of benzene rings is 2. The number of nitrogens with one attached hydrogen (secondary N) is 1. The maximum absolute atomic E-state index is 17.2. The average molecular weight is 742 g/mol. The maximum Gasteiger partial charge on any atom is 0.420 e. The number of nitrogens with two attached hydrogens (primary N) is 3. The number of hydrogen-bond acceptors (Lipinski definition) is 12. The van der Waals surface area contributed by atoms with E-state index in [2.05, 4.69) is 20.3 Å². The van der Waals surface area contributed by atoms with Gasteiger partial charge in [-0.2, -0.15) is 43.1 Å². The van der Waals surface area contributed by atoms with Crippen LogP contribution in [0.3, 0.4) is 0 Å². The highest BCUT2D eigenvalue weighted by atomic mass is 32.1. The minimum absolute atomic E-state index is 0.00520. The lowest BCUT2D eigenvalue weighted by atomic mass is 9.91. The van der Waals surface area contributed by atoms with E-state index in [4.69, 9.17) is 26.9 Å². The molecule has 2 aliphatic heterocycles. The minimum Gasteiger partial charge on any atom is -0.461 e. The molecule has 5 heterocycles. The summed E-state index contributed by atoms with van der Waals surface area (Å²) in [5, 5.41) is 12.3. The van der Waals surface area contributed by atoms with E-state index >= 15 is 17.6 Å². The molecule has 0 spiro atoms. The number of halogens is 6. The van der Waals surface area contributed by atoms with E-state index in [1.165, 1.54) is 18.3 Å². The van der Waals surface area contributed by atoms with Crippen molar-refractivity contribution >= 4 is 49.0 Å². The molecule has 0 saturated carbocycles. The SMILES string of the molecule is C[C@@H](Nc1nc(OC[C@@]23CCCN2CC(=C(F)F)C3)nc2c(F)c(-c3cccc4sc(N)c(C#N)c34)c(C(F)(F)F)c(ON)c12)c1cccnc1N. The number of nitrogens with zero attached hydrogens (tertiary/aromatic N) is 5. The molecule has 0 unspecified atom stereocenters. The van der Waals surface area contributed by atoms with Gasteiger partial charge in [-0.05, 0) is 50.4 Å². The number of nitrogen functional groups attached to an aromatic ring is 2. The molecular formula is C34H29F6N9O2S. The van der Waals surface area contributed by atoms with Crippen molar-refractivity contribution in [3.8, 4) is 29.0 Å². The van der Waals surface area contributed by atoms with Crippen molar-refractivity contribution in [2.45, 2.75) is 43.9 Å². The van der Waals surface area contributed by atoms with E-state index < -0.39 is 63.4 Å². The number of hydrogen-bond donors (Lipinski definition) is 4. The summed E-state index contributed by atoms with van der Waals surface area (Å²) in [4.78, 5) is 19.5. The smallest absolute Gasteiger partial charge is 0.420 e. The highest BCUT2D eigenvalue weighted by molar-refractivity contribution is 7.23. The molecule has 0 bridgehead atoms. The van der Waals surface area contributed by atoms with Gasteiger partial charge in [-0.1, -0.05) is 18.2 Å². The summed E-state index contributed by atoms with van der Waals surface area (Å²) in [5.74, 6) is 2.88. The second-order valence-corrected chi connectivity index (χ2v) is 13.7.